The van der Waals surface area contributed by atoms with Crippen molar-refractivity contribution in [2.45, 2.75) is 0 Å². The number of hydrogen-bond donors (Lipinski definition) is 1. The van der Waals surface area contributed by atoms with E-state index >= 15 is 0 Å². The molecule has 3 aromatic rings. The highest BCUT2D eigenvalue weighted by Gasteiger charge is 2.10. The third kappa shape index (κ3) is 1.30. The summed E-state index contributed by atoms with van der Waals surface area (Å²) in [5.74, 6) is 0.411. The summed E-state index contributed by atoms with van der Waals surface area (Å²) in [5, 5.41) is 5.82. The minimum absolute atomic E-state index is 0.0461. The zero-order valence-electron chi connectivity index (χ0n) is 8.29. The van der Waals surface area contributed by atoms with Crippen molar-refractivity contribution in [3.05, 3.63) is 36.5 Å². The highest BCUT2D eigenvalue weighted by atomic mass is 16.5. The number of rotatable bonds is 1. The fourth-order valence-corrected chi connectivity index (χ4v) is 1.63. The molecule has 78 valence electrons. The number of nitrogens with two attached hydrogens (primary N) is 1. The van der Waals surface area contributed by atoms with Gasteiger partial charge in [0.1, 0.15) is 5.69 Å². The van der Waals surface area contributed by atoms with Crippen molar-refractivity contribution in [3.8, 4) is 11.5 Å². The number of nitrogens with zero attached hydrogens (tertiary/aromatic N) is 3. The lowest BCUT2D eigenvalue weighted by Gasteiger charge is -2.00. The van der Waals surface area contributed by atoms with Gasteiger partial charge in [0.05, 0.1) is 0 Å². The molecule has 0 amide bonds. The Morgan fingerprint density at radius 1 is 1.12 bits per heavy atom. The summed E-state index contributed by atoms with van der Waals surface area (Å²) in [6.45, 7) is 0. The van der Waals surface area contributed by atoms with Gasteiger partial charge in [-0.25, -0.2) is 0 Å². The van der Waals surface area contributed by atoms with Crippen LogP contribution in [0.25, 0.3) is 22.3 Å². The van der Waals surface area contributed by atoms with Crippen LogP contribution in [0.15, 0.2) is 41.1 Å². The fraction of sp³-hybridized carbons (Fsp3) is 0. The van der Waals surface area contributed by atoms with Gasteiger partial charge in [0.2, 0.25) is 5.82 Å². The van der Waals surface area contributed by atoms with Gasteiger partial charge in [-0.3, -0.25) is 4.98 Å². The van der Waals surface area contributed by atoms with E-state index < -0.39 is 0 Å². The van der Waals surface area contributed by atoms with E-state index in [9.17, 15) is 0 Å². The second-order valence-electron chi connectivity index (χ2n) is 3.34. The van der Waals surface area contributed by atoms with Crippen molar-refractivity contribution in [2.75, 3.05) is 5.73 Å². The topological polar surface area (TPSA) is 77.8 Å². The molecule has 0 saturated carbocycles. The molecule has 0 unspecified atom stereocenters. The van der Waals surface area contributed by atoms with Gasteiger partial charge in [-0.05, 0) is 11.5 Å². The largest absolute Gasteiger partial charge is 0.351 e. The molecule has 1 aromatic carbocycles. The van der Waals surface area contributed by atoms with E-state index in [2.05, 4.69) is 15.1 Å². The Kier molecular flexibility index (Phi) is 1.83. The first-order chi connectivity index (χ1) is 7.84. The molecule has 2 N–H and O–H groups in total. The number of pyridine rings is 1. The van der Waals surface area contributed by atoms with Gasteiger partial charge in [0, 0.05) is 11.6 Å². The van der Waals surface area contributed by atoms with Gasteiger partial charge in [-0.1, -0.05) is 29.4 Å². The third-order valence-corrected chi connectivity index (χ3v) is 2.33. The molecule has 2 heterocycles. The van der Waals surface area contributed by atoms with Crippen LogP contribution < -0.4 is 5.73 Å². The van der Waals surface area contributed by atoms with Gasteiger partial charge >= 0.3 is 6.01 Å². The van der Waals surface area contributed by atoms with Gasteiger partial charge in [0.15, 0.2) is 0 Å². The number of aromatic nitrogens is 3. The van der Waals surface area contributed by atoms with E-state index in [1.807, 2.05) is 30.3 Å². The highest BCUT2D eigenvalue weighted by Crippen LogP contribution is 2.24. The van der Waals surface area contributed by atoms with E-state index in [1.54, 1.807) is 6.20 Å². The van der Waals surface area contributed by atoms with Crippen LogP contribution in [0.2, 0.25) is 0 Å². The molecular weight excluding hydrogens is 204 g/mol. The van der Waals surface area contributed by atoms with Crippen LogP contribution in [0.5, 0.6) is 0 Å². The van der Waals surface area contributed by atoms with Gasteiger partial charge < -0.3 is 10.3 Å². The smallest absolute Gasteiger partial charge is 0.319 e. The Morgan fingerprint density at radius 2 is 2.00 bits per heavy atom. The second kappa shape index (κ2) is 3.30. The van der Waals surface area contributed by atoms with E-state index in [0.29, 0.717) is 11.5 Å². The van der Waals surface area contributed by atoms with Crippen LogP contribution in [0, 0.1) is 0 Å². The summed E-state index contributed by atoms with van der Waals surface area (Å²) >= 11 is 0. The Balaban J connectivity index is 2.31. The maximum Gasteiger partial charge on any atom is 0.319 e. The van der Waals surface area contributed by atoms with E-state index in [0.717, 1.165) is 10.8 Å². The van der Waals surface area contributed by atoms with Gasteiger partial charge in [-0.15, -0.1) is 0 Å². The number of nitrogen functional groups attached to an aromatic ring is 1. The third-order valence-electron chi connectivity index (χ3n) is 2.33. The van der Waals surface area contributed by atoms with Gasteiger partial charge in [-0.2, -0.15) is 4.98 Å². The van der Waals surface area contributed by atoms with Crippen LogP contribution in [0.4, 0.5) is 6.01 Å². The Morgan fingerprint density at radius 3 is 2.81 bits per heavy atom. The summed E-state index contributed by atoms with van der Waals surface area (Å²) in [4.78, 5) is 8.22. The standard InChI is InChI=1S/C11H8N4O/c12-11-14-10(15-16-11)9-8-4-2-1-3-7(8)5-6-13-9/h1-6H,(H2,12,14,15). The molecule has 0 fully saturated rings. The lowest BCUT2D eigenvalue weighted by atomic mass is 10.1. The first-order valence-electron chi connectivity index (χ1n) is 4.78. The van der Waals surface area contributed by atoms with E-state index in [-0.39, 0.29) is 6.01 Å². The van der Waals surface area contributed by atoms with Crippen molar-refractivity contribution in [2.24, 2.45) is 0 Å². The molecule has 5 heteroatoms. The molecule has 0 spiro atoms. The molecule has 16 heavy (non-hydrogen) atoms. The summed E-state index contributed by atoms with van der Waals surface area (Å²) in [6, 6.07) is 9.86. The quantitative estimate of drug-likeness (QED) is 0.666. The van der Waals surface area contributed by atoms with Crippen LogP contribution in [0.3, 0.4) is 0 Å². The van der Waals surface area contributed by atoms with Crippen LogP contribution in [-0.2, 0) is 0 Å². The number of anilines is 1. The Bertz CT molecular complexity index is 642. The molecule has 0 aliphatic carbocycles. The van der Waals surface area contributed by atoms with Crippen molar-refractivity contribution >= 4 is 16.8 Å². The van der Waals surface area contributed by atoms with Crippen LogP contribution in [-0.4, -0.2) is 15.1 Å². The SMILES string of the molecule is Nc1nc(-c2nccc3ccccc23)no1. The lowest BCUT2D eigenvalue weighted by molar-refractivity contribution is 0.437. The fourth-order valence-electron chi connectivity index (χ4n) is 1.63. The second-order valence-corrected chi connectivity index (χ2v) is 3.34. The molecule has 3 rings (SSSR count). The van der Waals surface area contributed by atoms with E-state index in [1.165, 1.54) is 0 Å². The summed E-state index contributed by atoms with van der Waals surface area (Å²) < 4.78 is 4.74. The predicted octanol–water partition coefficient (Wildman–Crippen LogP) is 1.87. The van der Waals surface area contributed by atoms with Crippen molar-refractivity contribution in [1.29, 1.82) is 0 Å². The molecule has 0 saturated heterocycles. The summed E-state index contributed by atoms with van der Waals surface area (Å²) in [5.41, 5.74) is 6.07. The molecule has 0 atom stereocenters. The first kappa shape index (κ1) is 8.84. The van der Waals surface area contributed by atoms with Crippen LogP contribution in [0.1, 0.15) is 0 Å². The zero-order valence-corrected chi connectivity index (χ0v) is 8.29. The maximum absolute atomic E-state index is 5.39. The van der Waals surface area contributed by atoms with Crippen LogP contribution >= 0.6 is 0 Å². The molecule has 0 radical (unpaired) electrons. The van der Waals surface area contributed by atoms with E-state index in [4.69, 9.17) is 10.3 Å². The minimum atomic E-state index is 0.0461. The monoisotopic (exact) mass is 212 g/mol. The average molecular weight is 212 g/mol. The number of benzene rings is 1. The zero-order chi connectivity index (χ0) is 11.0. The van der Waals surface area contributed by atoms with Crippen molar-refractivity contribution in [3.63, 3.8) is 0 Å². The number of fused-ring (bicyclic) bond motifs is 1. The Hall–Kier alpha value is -2.43. The minimum Gasteiger partial charge on any atom is -0.351 e. The highest BCUT2D eigenvalue weighted by molar-refractivity contribution is 5.92. The molecule has 2 aromatic heterocycles. The van der Waals surface area contributed by atoms with Crippen molar-refractivity contribution < 1.29 is 4.52 Å². The maximum atomic E-state index is 5.39. The molecule has 0 aliphatic rings. The lowest BCUT2D eigenvalue weighted by Crippen LogP contribution is -1.88. The molecular formula is C11H8N4O. The summed E-state index contributed by atoms with van der Waals surface area (Å²) in [7, 11) is 0. The van der Waals surface area contributed by atoms with Crippen molar-refractivity contribution in [1.82, 2.24) is 15.1 Å². The van der Waals surface area contributed by atoms with Gasteiger partial charge in [0.25, 0.3) is 0 Å². The average Bonchev–Trinajstić information content (AvgIpc) is 2.75. The molecule has 0 bridgehead atoms. The first-order valence-corrected chi connectivity index (χ1v) is 4.78. The number of hydrogen-bond acceptors (Lipinski definition) is 5. The predicted molar refractivity (Wildman–Crippen MR) is 59.4 cm³/mol. The Labute approximate surface area is 90.9 Å². The molecule has 5 nitrogen and oxygen atoms in total. The summed E-state index contributed by atoms with van der Waals surface area (Å²) in [6.07, 6.45) is 1.71. The molecule has 0 aliphatic heterocycles. The normalized spacial score (nSPS) is 10.8.